The molecule has 12 heavy (non-hydrogen) atoms. The predicted molar refractivity (Wildman–Crippen MR) is 51.4 cm³/mol. The monoisotopic (exact) mass is 230 g/mol. The van der Waals surface area contributed by atoms with Crippen molar-refractivity contribution in [3.8, 4) is 5.75 Å². The Hall–Kier alpha value is -0.540. The van der Waals surface area contributed by atoms with Gasteiger partial charge in [-0.25, -0.2) is 0 Å². The van der Waals surface area contributed by atoms with E-state index in [0.717, 1.165) is 21.3 Å². The second-order valence-electron chi connectivity index (χ2n) is 2.60. The minimum Gasteiger partial charge on any atom is -0.496 e. The van der Waals surface area contributed by atoms with Gasteiger partial charge in [0.15, 0.2) is 0 Å². The number of aliphatic hydroxyl groups excluding tert-OH is 1. The van der Waals surface area contributed by atoms with E-state index in [1.807, 2.05) is 19.1 Å². The Labute approximate surface area is 80.3 Å². The molecule has 0 radical (unpaired) electrons. The predicted octanol–water partition coefficient (Wildman–Crippen LogP) is 2.26. The van der Waals surface area contributed by atoms with Crippen molar-refractivity contribution in [2.45, 2.75) is 13.5 Å². The second-order valence-corrected chi connectivity index (χ2v) is 3.39. The third kappa shape index (κ3) is 1.79. The summed E-state index contributed by atoms with van der Waals surface area (Å²) in [6.45, 7) is 1.99. The van der Waals surface area contributed by atoms with Crippen LogP contribution in [0.15, 0.2) is 16.6 Å². The first-order chi connectivity index (χ1) is 5.69. The molecule has 0 spiro atoms. The zero-order valence-electron chi connectivity index (χ0n) is 7.10. The summed E-state index contributed by atoms with van der Waals surface area (Å²) < 4.78 is 5.94. The third-order valence-corrected chi connectivity index (χ3v) is 2.55. The lowest BCUT2D eigenvalue weighted by molar-refractivity contribution is 0.280. The fourth-order valence-electron chi connectivity index (χ4n) is 1.07. The average molecular weight is 231 g/mol. The van der Waals surface area contributed by atoms with Crippen molar-refractivity contribution in [3.63, 3.8) is 0 Å². The number of rotatable bonds is 2. The summed E-state index contributed by atoms with van der Waals surface area (Å²) in [7, 11) is 1.61. The SMILES string of the molecule is COc1cc(C)cc(CO)c1Br. The molecule has 0 aliphatic carbocycles. The molecule has 1 aromatic carbocycles. The molecule has 66 valence electrons. The van der Waals surface area contributed by atoms with Crippen molar-refractivity contribution in [1.29, 1.82) is 0 Å². The first-order valence-electron chi connectivity index (χ1n) is 3.63. The van der Waals surface area contributed by atoms with Crippen LogP contribution in [0.4, 0.5) is 0 Å². The summed E-state index contributed by atoms with van der Waals surface area (Å²) in [5, 5.41) is 8.98. The Kier molecular flexibility index (Phi) is 3.12. The molecule has 0 fully saturated rings. The van der Waals surface area contributed by atoms with Crippen LogP contribution in [-0.4, -0.2) is 12.2 Å². The summed E-state index contributed by atoms with van der Waals surface area (Å²) in [5.74, 6) is 0.763. The molecule has 1 rings (SSSR count). The molecular weight excluding hydrogens is 220 g/mol. The van der Waals surface area contributed by atoms with Gasteiger partial charge in [-0.05, 0) is 40.0 Å². The molecule has 1 aromatic rings. The fraction of sp³-hybridized carbons (Fsp3) is 0.333. The highest BCUT2D eigenvalue weighted by molar-refractivity contribution is 9.10. The summed E-state index contributed by atoms with van der Waals surface area (Å²) in [4.78, 5) is 0. The molecule has 1 N–H and O–H groups in total. The Morgan fingerprint density at radius 3 is 2.67 bits per heavy atom. The van der Waals surface area contributed by atoms with E-state index in [2.05, 4.69) is 15.9 Å². The van der Waals surface area contributed by atoms with Gasteiger partial charge >= 0.3 is 0 Å². The van der Waals surface area contributed by atoms with E-state index in [1.54, 1.807) is 7.11 Å². The lowest BCUT2D eigenvalue weighted by Crippen LogP contribution is -1.92. The van der Waals surface area contributed by atoms with E-state index in [9.17, 15) is 0 Å². The normalized spacial score (nSPS) is 10.0. The first kappa shape index (κ1) is 9.55. The Bertz CT molecular complexity index is 259. The summed E-state index contributed by atoms with van der Waals surface area (Å²) in [5.41, 5.74) is 1.94. The lowest BCUT2D eigenvalue weighted by Gasteiger charge is -2.08. The third-order valence-electron chi connectivity index (χ3n) is 1.65. The van der Waals surface area contributed by atoms with Crippen molar-refractivity contribution in [2.75, 3.05) is 7.11 Å². The minimum absolute atomic E-state index is 0.0264. The fourth-order valence-corrected chi connectivity index (χ4v) is 1.59. The maximum Gasteiger partial charge on any atom is 0.133 e. The molecule has 0 aromatic heterocycles. The molecule has 0 unspecified atom stereocenters. The van der Waals surface area contributed by atoms with Crippen molar-refractivity contribution in [1.82, 2.24) is 0 Å². The first-order valence-corrected chi connectivity index (χ1v) is 4.42. The van der Waals surface area contributed by atoms with Crippen LogP contribution in [0.1, 0.15) is 11.1 Å². The van der Waals surface area contributed by atoms with E-state index < -0.39 is 0 Å². The molecule has 0 atom stereocenters. The topological polar surface area (TPSA) is 29.5 Å². The summed E-state index contributed by atoms with van der Waals surface area (Å²) >= 11 is 3.35. The van der Waals surface area contributed by atoms with E-state index in [4.69, 9.17) is 9.84 Å². The van der Waals surface area contributed by atoms with Crippen LogP contribution >= 0.6 is 15.9 Å². The smallest absolute Gasteiger partial charge is 0.133 e. The van der Waals surface area contributed by atoms with Gasteiger partial charge in [0.25, 0.3) is 0 Å². The molecule has 0 saturated heterocycles. The van der Waals surface area contributed by atoms with Crippen molar-refractivity contribution < 1.29 is 9.84 Å². The van der Waals surface area contributed by atoms with Crippen molar-refractivity contribution in [2.24, 2.45) is 0 Å². The van der Waals surface area contributed by atoms with Gasteiger partial charge in [-0.15, -0.1) is 0 Å². The molecule has 0 aliphatic rings. The number of halogens is 1. The van der Waals surface area contributed by atoms with Crippen LogP contribution in [0.2, 0.25) is 0 Å². The van der Waals surface area contributed by atoms with Gasteiger partial charge in [0.05, 0.1) is 18.2 Å². The molecule has 0 bridgehead atoms. The van der Waals surface area contributed by atoms with Crippen LogP contribution in [0.5, 0.6) is 5.75 Å². The van der Waals surface area contributed by atoms with Gasteiger partial charge in [0, 0.05) is 0 Å². The van der Waals surface area contributed by atoms with Crippen LogP contribution in [0, 0.1) is 6.92 Å². The number of ether oxygens (including phenoxy) is 1. The van der Waals surface area contributed by atoms with Gasteiger partial charge < -0.3 is 9.84 Å². The van der Waals surface area contributed by atoms with Gasteiger partial charge in [-0.2, -0.15) is 0 Å². The highest BCUT2D eigenvalue weighted by Gasteiger charge is 2.05. The van der Waals surface area contributed by atoms with Crippen LogP contribution in [-0.2, 0) is 6.61 Å². The Morgan fingerprint density at radius 2 is 2.17 bits per heavy atom. The molecule has 0 amide bonds. The number of aliphatic hydroxyl groups is 1. The summed E-state index contributed by atoms with van der Waals surface area (Å²) in [6.07, 6.45) is 0. The molecule has 0 heterocycles. The standard InChI is InChI=1S/C9H11BrO2/c1-6-3-7(5-11)9(10)8(4-6)12-2/h3-4,11H,5H2,1-2H3. The number of benzene rings is 1. The number of methoxy groups -OCH3 is 1. The zero-order chi connectivity index (χ0) is 9.14. The second kappa shape index (κ2) is 3.92. The molecule has 0 saturated carbocycles. The van der Waals surface area contributed by atoms with Crippen molar-refractivity contribution in [3.05, 3.63) is 27.7 Å². The molecule has 3 heteroatoms. The lowest BCUT2D eigenvalue weighted by atomic mass is 10.1. The van der Waals surface area contributed by atoms with Gasteiger partial charge in [0.2, 0.25) is 0 Å². The minimum atomic E-state index is 0.0264. The van der Waals surface area contributed by atoms with E-state index in [1.165, 1.54) is 0 Å². The van der Waals surface area contributed by atoms with Gasteiger partial charge in [-0.3, -0.25) is 0 Å². The molecular formula is C9H11BrO2. The van der Waals surface area contributed by atoms with E-state index in [-0.39, 0.29) is 6.61 Å². The Balaban J connectivity index is 3.22. The van der Waals surface area contributed by atoms with Crippen LogP contribution in [0.3, 0.4) is 0 Å². The zero-order valence-corrected chi connectivity index (χ0v) is 8.68. The van der Waals surface area contributed by atoms with E-state index in [0.29, 0.717) is 0 Å². The molecule has 0 aliphatic heterocycles. The van der Waals surface area contributed by atoms with Gasteiger partial charge in [0.1, 0.15) is 5.75 Å². The number of aryl methyl sites for hydroxylation is 1. The summed E-state index contributed by atoms with van der Waals surface area (Å²) in [6, 6.07) is 3.84. The average Bonchev–Trinajstić information content (AvgIpc) is 2.08. The van der Waals surface area contributed by atoms with Gasteiger partial charge in [-0.1, -0.05) is 6.07 Å². The van der Waals surface area contributed by atoms with E-state index >= 15 is 0 Å². The highest BCUT2D eigenvalue weighted by Crippen LogP contribution is 2.29. The van der Waals surface area contributed by atoms with Crippen LogP contribution < -0.4 is 4.74 Å². The Morgan fingerprint density at radius 1 is 1.50 bits per heavy atom. The molecule has 2 nitrogen and oxygen atoms in total. The van der Waals surface area contributed by atoms with Crippen LogP contribution in [0.25, 0.3) is 0 Å². The number of hydrogen-bond donors (Lipinski definition) is 1. The maximum absolute atomic E-state index is 8.98. The highest BCUT2D eigenvalue weighted by atomic mass is 79.9. The largest absolute Gasteiger partial charge is 0.496 e. The number of hydrogen-bond acceptors (Lipinski definition) is 2. The van der Waals surface area contributed by atoms with Crippen molar-refractivity contribution >= 4 is 15.9 Å². The quantitative estimate of drug-likeness (QED) is 0.845. The maximum atomic E-state index is 8.98.